The second-order valence-corrected chi connectivity index (χ2v) is 13.9. The topological polar surface area (TPSA) is 9.23 Å². The van der Waals surface area contributed by atoms with Crippen molar-refractivity contribution in [1.29, 1.82) is 0 Å². The highest BCUT2D eigenvalue weighted by Gasteiger charge is 2.63. The van der Waals surface area contributed by atoms with Crippen molar-refractivity contribution in [3.63, 3.8) is 0 Å². The fourth-order valence-electron chi connectivity index (χ4n) is 9.39. The van der Waals surface area contributed by atoms with Crippen LogP contribution in [-0.4, -0.2) is 12.2 Å². The van der Waals surface area contributed by atoms with Crippen LogP contribution in [0.25, 0.3) is 0 Å². The van der Waals surface area contributed by atoms with E-state index in [0.29, 0.717) is 28.5 Å². The Balaban J connectivity index is 1.50. The number of hydrogen-bond acceptors (Lipinski definition) is 1. The van der Waals surface area contributed by atoms with Gasteiger partial charge in [0.2, 0.25) is 0 Å². The molecule has 0 aliphatic heterocycles. The van der Waals surface area contributed by atoms with Crippen molar-refractivity contribution in [2.45, 2.75) is 138 Å². The number of ether oxygens (including phenoxy) is 1. The molecular formula is C31H54O. The Morgan fingerprint density at radius 1 is 0.906 bits per heavy atom. The van der Waals surface area contributed by atoms with Crippen LogP contribution in [0.3, 0.4) is 0 Å². The van der Waals surface area contributed by atoms with Gasteiger partial charge in [0, 0.05) is 0 Å². The second kappa shape index (κ2) is 9.05. The van der Waals surface area contributed by atoms with Gasteiger partial charge >= 0.3 is 0 Å². The lowest BCUT2D eigenvalue weighted by Gasteiger charge is -2.60. The maximum absolute atomic E-state index is 6.27. The summed E-state index contributed by atoms with van der Waals surface area (Å²) in [5.74, 6) is 4.50. The zero-order valence-corrected chi connectivity index (χ0v) is 22.8. The fourth-order valence-corrected chi connectivity index (χ4v) is 9.39. The largest absolute Gasteiger partial charge is 0.375 e. The molecule has 3 fully saturated rings. The van der Waals surface area contributed by atoms with E-state index in [0.717, 1.165) is 29.6 Å². The summed E-state index contributed by atoms with van der Waals surface area (Å²) in [6, 6.07) is 0. The first kappa shape index (κ1) is 24.8. The third-order valence-corrected chi connectivity index (χ3v) is 11.7. The van der Waals surface area contributed by atoms with E-state index in [9.17, 15) is 0 Å². The van der Waals surface area contributed by atoms with Gasteiger partial charge in [-0.25, -0.2) is 0 Å². The maximum Gasteiger partial charge on any atom is 0.0616 e. The molecular weight excluding hydrogens is 388 g/mol. The van der Waals surface area contributed by atoms with Gasteiger partial charge < -0.3 is 4.74 Å². The molecule has 0 heterocycles. The molecule has 32 heavy (non-hydrogen) atoms. The normalized spacial score (nSPS) is 44.8. The van der Waals surface area contributed by atoms with Gasteiger partial charge in [-0.3, -0.25) is 0 Å². The molecule has 0 aromatic rings. The highest BCUT2D eigenvalue weighted by Crippen LogP contribution is 2.71. The Morgan fingerprint density at radius 3 is 2.31 bits per heavy atom. The van der Waals surface area contributed by atoms with Gasteiger partial charge in [-0.05, 0) is 111 Å². The SMILES string of the molecule is CC(C)CCC[C@H](C)[C@]1(C)CC[C@@H]2[C@@H]3CC=C4CC(OC(C)C)CC[C@]4(C)[C@@H]3CC[C@@]21C. The predicted octanol–water partition coefficient (Wildman–Crippen LogP) is 9.21. The first-order valence-corrected chi connectivity index (χ1v) is 14.4. The zero-order chi connectivity index (χ0) is 23.3. The molecule has 0 aromatic heterocycles. The van der Waals surface area contributed by atoms with Gasteiger partial charge in [-0.2, -0.15) is 0 Å². The minimum absolute atomic E-state index is 0.357. The fraction of sp³-hybridized carbons (Fsp3) is 0.935. The van der Waals surface area contributed by atoms with Crippen molar-refractivity contribution in [2.24, 2.45) is 45.8 Å². The summed E-state index contributed by atoms with van der Waals surface area (Å²) in [5.41, 5.74) is 3.29. The molecule has 3 saturated carbocycles. The molecule has 8 atom stereocenters. The van der Waals surface area contributed by atoms with E-state index >= 15 is 0 Å². The smallest absolute Gasteiger partial charge is 0.0616 e. The van der Waals surface area contributed by atoms with Gasteiger partial charge in [0.1, 0.15) is 0 Å². The summed E-state index contributed by atoms with van der Waals surface area (Å²) in [6.45, 7) is 19.8. The van der Waals surface area contributed by atoms with E-state index in [1.54, 1.807) is 5.57 Å². The van der Waals surface area contributed by atoms with Gasteiger partial charge in [0.25, 0.3) is 0 Å². The Kier molecular flexibility index (Phi) is 7.02. The Labute approximate surface area is 200 Å². The Hall–Kier alpha value is -0.300. The van der Waals surface area contributed by atoms with Crippen molar-refractivity contribution in [3.8, 4) is 0 Å². The molecule has 0 saturated heterocycles. The summed E-state index contributed by atoms with van der Waals surface area (Å²) >= 11 is 0. The number of rotatable bonds is 7. The van der Waals surface area contributed by atoms with E-state index in [1.807, 2.05) is 0 Å². The molecule has 0 bridgehead atoms. The molecule has 0 spiro atoms. The van der Waals surface area contributed by atoms with Crippen molar-refractivity contribution >= 4 is 0 Å². The van der Waals surface area contributed by atoms with Crippen molar-refractivity contribution in [2.75, 3.05) is 0 Å². The average molecular weight is 443 g/mol. The number of fused-ring (bicyclic) bond motifs is 5. The lowest BCUT2D eigenvalue weighted by molar-refractivity contribution is -0.0945. The third-order valence-electron chi connectivity index (χ3n) is 11.7. The van der Waals surface area contributed by atoms with Gasteiger partial charge in [0.15, 0.2) is 0 Å². The number of hydrogen-bond donors (Lipinski definition) is 0. The third kappa shape index (κ3) is 4.05. The van der Waals surface area contributed by atoms with Crippen LogP contribution in [-0.2, 0) is 4.74 Å². The summed E-state index contributed by atoms with van der Waals surface area (Å²) in [6.07, 6.45) is 18.8. The lowest BCUT2D eigenvalue weighted by Crippen LogP contribution is -2.53. The van der Waals surface area contributed by atoms with Crippen molar-refractivity contribution < 1.29 is 4.74 Å². The molecule has 0 radical (unpaired) electrons. The molecule has 184 valence electrons. The molecule has 1 nitrogen and oxygen atoms in total. The standard InChI is InChI=1S/C31H54O/c1-21(2)10-9-11-23(5)30(7)18-16-28-26-13-12-24-20-25(32-22(3)4)14-17-29(24,6)27(26)15-19-31(28,30)8/h12,21-23,25-28H,9-11,13-20H2,1-8H3/t23-,25?,26+,27+,28+,29-,30-,31-/m0/s1. The van der Waals surface area contributed by atoms with Crippen LogP contribution in [0.1, 0.15) is 126 Å². The highest BCUT2D eigenvalue weighted by atomic mass is 16.5. The molecule has 0 aromatic carbocycles. The molecule has 4 rings (SSSR count). The van der Waals surface area contributed by atoms with Crippen LogP contribution in [0.15, 0.2) is 11.6 Å². The van der Waals surface area contributed by atoms with E-state index in [-0.39, 0.29) is 0 Å². The van der Waals surface area contributed by atoms with Crippen LogP contribution in [0.5, 0.6) is 0 Å². The lowest BCUT2D eigenvalue weighted by atomic mass is 9.44. The second-order valence-electron chi connectivity index (χ2n) is 13.9. The Morgan fingerprint density at radius 2 is 1.62 bits per heavy atom. The summed E-state index contributed by atoms with van der Waals surface area (Å²) in [7, 11) is 0. The monoisotopic (exact) mass is 442 g/mol. The van der Waals surface area contributed by atoms with Crippen LogP contribution in [0.4, 0.5) is 0 Å². The summed E-state index contributed by atoms with van der Waals surface area (Å²) in [5, 5.41) is 0. The molecule has 4 aliphatic rings. The van der Waals surface area contributed by atoms with Gasteiger partial charge in [0.05, 0.1) is 12.2 Å². The van der Waals surface area contributed by atoms with E-state index in [1.165, 1.54) is 70.6 Å². The van der Waals surface area contributed by atoms with Crippen molar-refractivity contribution in [1.82, 2.24) is 0 Å². The quantitative estimate of drug-likeness (QED) is 0.357. The van der Waals surface area contributed by atoms with Crippen molar-refractivity contribution in [3.05, 3.63) is 11.6 Å². The van der Waals surface area contributed by atoms with Crippen LogP contribution >= 0.6 is 0 Å². The number of allylic oxidation sites excluding steroid dienone is 1. The predicted molar refractivity (Wildman–Crippen MR) is 138 cm³/mol. The minimum Gasteiger partial charge on any atom is -0.375 e. The first-order valence-electron chi connectivity index (χ1n) is 14.4. The summed E-state index contributed by atoms with van der Waals surface area (Å²) < 4.78 is 6.27. The molecule has 1 unspecified atom stereocenters. The van der Waals surface area contributed by atoms with E-state index in [2.05, 4.69) is 61.5 Å². The van der Waals surface area contributed by atoms with Crippen LogP contribution in [0, 0.1) is 45.8 Å². The van der Waals surface area contributed by atoms with Gasteiger partial charge in [-0.15, -0.1) is 0 Å². The van der Waals surface area contributed by atoms with Gasteiger partial charge in [-0.1, -0.05) is 72.5 Å². The summed E-state index contributed by atoms with van der Waals surface area (Å²) in [4.78, 5) is 0. The zero-order valence-electron chi connectivity index (χ0n) is 22.8. The molecule has 0 amide bonds. The molecule has 4 aliphatic carbocycles. The highest BCUT2D eigenvalue weighted by molar-refractivity contribution is 5.26. The molecule has 0 N–H and O–H groups in total. The van der Waals surface area contributed by atoms with E-state index < -0.39 is 0 Å². The average Bonchev–Trinajstić information content (AvgIpc) is 3.00. The van der Waals surface area contributed by atoms with Crippen LogP contribution < -0.4 is 0 Å². The van der Waals surface area contributed by atoms with Crippen LogP contribution in [0.2, 0.25) is 0 Å². The molecule has 1 heteroatoms. The van der Waals surface area contributed by atoms with E-state index in [4.69, 9.17) is 4.74 Å². The first-order chi connectivity index (χ1) is 15.0. The maximum atomic E-state index is 6.27. The Bertz CT molecular complexity index is 691. The minimum atomic E-state index is 0.357.